The van der Waals surface area contributed by atoms with Crippen molar-refractivity contribution in [1.29, 1.82) is 0 Å². The molecule has 0 aromatic carbocycles. The Morgan fingerprint density at radius 3 is 2.88 bits per heavy atom. The van der Waals surface area contributed by atoms with Crippen LogP contribution in [-0.4, -0.2) is 26.0 Å². The van der Waals surface area contributed by atoms with E-state index in [1.54, 1.807) is 7.05 Å². The molecular formula is C5H7N3. The van der Waals surface area contributed by atoms with Crippen LogP contribution in [0.4, 0.5) is 0 Å². The Labute approximate surface area is 48.2 Å². The van der Waals surface area contributed by atoms with Crippen LogP contribution in [0.15, 0.2) is 21.2 Å². The lowest BCUT2D eigenvalue weighted by atomic mass is 11.0. The van der Waals surface area contributed by atoms with E-state index in [0.29, 0.717) is 0 Å². The van der Waals surface area contributed by atoms with Crippen LogP contribution in [0.3, 0.4) is 0 Å². The molecule has 3 nitrogen and oxygen atoms in total. The molecule has 0 unspecified atom stereocenters. The SMILES string of the molecule is C=NC=C=N/C=N\C. The molecule has 0 heterocycles. The molecule has 8 heavy (non-hydrogen) atoms. The first kappa shape index (κ1) is 6.79. The van der Waals surface area contributed by atoms with Gasteiger partial charge in [0.1, 0.15) is 6.34 Å². The van der Waals surface area contributed by atoms with Gasteiger partial charge in [-0.05, 0) is 6.72 Å². The van der Waals surface area contributed by atoms with Crippen LogP contribution < -0.4 is 0 Å². The Morgan fingerprint density at radius 1 is 1.62 bits per heavy atom. The van der Waals surface area contributed by atoms with E-state index in [0.717, 1.165) is 0 Å². The molecule has 3 heteroatoms. The molecule has 0 rings (SSSR count). The van der Waals surface area contributed by atoms with Gasteiger partial charge in [-0.25, -0.2) is 0 Å². The molecular weight excluding hydrogens is 102 g/mol. The summed E-state index contributed by atoms with van der Waals surface area (Å²) in [5, 5.41) is 0. The van der Waals surface area contributed by atoms with E-state index >= 15 is 0 Å². The molecule has 0 aliphatic carbocycles. The highest BCUT2D eigenvalue weighted by Gasteiger charge is 1.51. The fraction of sp³-hybridized carbons (Fsp3) is 0.200. The third-order valence-electron chi connectivity index (χ3n) is 0.397. The molecule has 0 spiro atoms. The van der Waals surface area contributed by atoms with E-state index < -0.39 is 0 Å². The van der Waals surface area contributed by atoms with Crippen LogP contribution in [0.25, 0.3) is 0 Å². The molecule has 0 aliphatic rings. The van der Waals surface area contributed by atoms with Crippen molar-refractivity contribution >= 4 is 18.9 Å². The molecule has 42 valence electrons. The molecule has 0 atom stereocenters. The van der Waals surface area contributed by atoms with Crippen LogP contribution in [0.5, 0.6) is 0 Å². The minimum absolute atomic E-state index is 1.36. The van der Waals surface area contributed by atoms with E-state index in [9.17, 15) is 0 Å². The zero-order chi connectivity index (χ0) is 6.24. The molecule has 0 fully saturated rings. The second-order valence-electron chi connectivity index (χ2n) is 0.944. The number of nitrogens with zero attached hydrogens (tertiary/aromatic N) is 3. The summed E-state index contributed by atoms with van der Waals surface area (Å²) in [7, 11) is 1.63. The predicted octanol–water partition coefficient (Wildman–Crippen LogP) is 0.528. The van der Waals surface area contributed by atoms with Gasteiger partial charge in [0.2, 0.25) is 0 Å². The summed E-state index contributed by atoms with van der Waals surface area (Å²) in [5.74, 6) is 2.46. The van der Waals surface area contributed by atoms with Crippen molar-refractivity contribution in [2.75, 3.05) is 7.05 Å². The Kier molecular flexibility index (Phi) is 4.91. The van der Waals surface area contributed by atoms with Crippen molar-refractivity contribution in [3.63, 3.8) is 0 Å². The summed E-state index contributed by atoms with van der Waals surface area (Å²) in [6, 6.07) is 0. The van der Waals surface area contributed by atoms with Crippen LogP contribution in [0, 0.1) is 0 Å². The summed E-state index contributed by atoms with van der Waals surface area (Å²) < 4.78 is 0. The molecule has 0 aromatic rings. The third kappa shape index (κ3) is 4.79. The van der Waals surface area contributed by atoms with Crippen molar-refractivity contribution in [2.24, 2.45) is 15.0 Å². The zero-order valence-electron chi connectivity index (χ0n) is 4.70. The van der Waals surface area contributed by atoms with Crippen LogP contribution >= 0.6 is 0 Å². The van der Waals surface area contributed by atoms with Crippen molar-refractivity contribution in [3.8, 4) is 0 Å². The average molecular weight is 109 g/mol. The Hall–Kier alpha value is -1.21. The lowest BCUT2D eigenvalue weighted by Gasteiger charge is -1.63. The van der Waals surface area contributed by atoms with Gasteiger partial charge in [-0.3, -0.25) is 9.98 Å². The summed E-state index contributed by atoms with van der Waals surface area (Å²) >= 11 is 0. The third-order valence-corrected chi connectivity index (χ3v) is 0.397. The van der Waals surface area contributed by atoms with Gasteiger partial charge in [0.15, 0.2) is 0 Å². The first-order chi connectivity index (χ1) is 3.91. The van der Waals surface area contributed by atoms with Crippen LogP contribution in [0.1, 0.15) is 0 Å². The van der Waals surface area contributed by atoms with Gasteiger partial charge in [0, 0.05) is 12.9 Å². The van der Waals surface area contributed by atoms with Crippen molar-refractivity contribution in [2.45, 2.75) is 0 Å². The molecule has 0 saturated heterocycles. The lowest BCUT2D eigenvalue weighted by Crippen LogP contribution is -1.60. The van der Waals surface area contributed by atoms with Gasteiger partial charge in [-0.1, -0.05) is 0 Å². The second kappa shape index (κ2) is 5.79. The van der Waals surface area contributed by atoms with Gasteiger partial charge in [-0.2, -0.15) is 4.99 Å². The maximum atomic E-state index is 3.57. The van der Waals surface area contributed by atoms with Gasteiger partial charge in [0.05, 0.1) is 6.20 Å². The van der Waals surface area contributed by atoms with E-state index in [2.05, 4.69) is 27.6 Å². The van der Waals surface area contributed by atoms with Crippen molar-refractivity contribution in [3.05, 3.63) is 6.20 Å². The van der Waals surface area contributed by atoms with Gasteiger partial charge in [-0.15, -0.1) is 0 Å². The van der Waals surface area contributed by atoms with Crippen molar-refractivity contribution < 1.29 is 0 Å². The molecule has 0 amide bonds. The molecule has 0 aliphatic heterocycles. The highest BCUT2D eigenvalue weighted by Crippen LogP contribution is 1.57. The van der Waals surface area contributed by atoms with Gasteiger partial charge >= 0.3 is 0 Å². The number of hydrogen-bond donors (Lipinski definition) is 0. The molecule has 0 bridgehead atoms. The topological polar surface area (TPSA) is 37.1 Å². The van der Waals surface area contributed by atoms with Crippen LogP contribution in [-0.2, 0) is 0 Å². The highest BCUT2D eigenvalue weighted by molar-refractivity contribution is 5.69. The summed E-state index contributed by atoms with van der Waals surface area (Å²) in [4.78, 5) is 10.5. The largest absolute Gasteiger partial charge is 0.276 e. The second-order valence-corrected chi connectivity index (χ2v) is 0.944. The smallest absolute Gasteiger partial charge is 0.119 e. The van der Waals surface area contributed by atoms with Gasteiger partial charge in [0.25, 0.3) is 0 Å². The average Bonchev–Trinajstić information content (AvgIpc) is 1.81. The molecule has 0 N–H and O–H groups in total. The first-order valence-electron chi connectivity index (χ1n) is 2.05. The van der Waals surface area contributed by atoms with E-state index in [-0.39, 0.29) is 0 Å². The van der Waals surface area contributed by atoms with E-state index in [1.807, 2.05) is 0 Å². The Morgan fingerprint density at radius 2 is 2.38 bits per heavy atom. The predicted molar refractivity (Wildman–Crippen MR) is 36.0 cm³/mol. The first-order valence-corrected chi connectivity index (χ1v) is 2.05. The Bertz CT molecular complexity index is 140. The molecule has 0 aromatic heterocycles. The minimum atomic E-state index is 1.36. The maximum absolute atomic E-state index is 3.57. The monoisotopic (exact) mass is 109 g/mol. The fourth-order valence-corrected chi connectivity index (χ4v) is 0.165. The Balaban J connectivity index is 3.63. The number of rotatable bonds is 2. The van der Waals surface area contributed by atoms with E-state index in [1.165, 1.54) is 12.5 Å². The van der Waals surface area contributed by atoms with Gasteiger partial charge < -0.3 is 0 Å². The quantitative estimate of drug-likeness (QED) is 0.366. The summed E-state index contributed by atoms with van der Waals surface area (Å²) in [5.41, 5.74) is 0. The standard InChI is InChI=1S/C5H7N3/c1-6-3-4-8-5-7-2/h3,5H,1H2,2H3/b7-5-. The normalized spacial score (nSPS) is 8.12. The summed E-state index contributed by atoms with van der Waals surface area (Å²) in [6.45, 7) is 3.19. The fourth-order valence-electron chi connectivity index (χ4n) is 0.165. The minimum Gasteiger partial charge on any atom is -0.276 e. The highest BCUT2D eigenvalue weighted by atomic mass is 14.8. The molecule has 0 radical (unpaired) electrons. The number of aliphatic imine (C=N–C) groups is 3. The van der Waals surface area contributed by atoms with Crippen LogP contribution in [0.2, 0.25) is 0 Å². The molecule has 0 saturated carbocycles. The van der Waals surface area contributed by atoms with Crippen molar-refractivity contribution in [1.82, 2.24) is 0 Å². The van der Waals surface area contributed by atoms with E-state index in [4.69, 9.17) is 0 Å². The zero-order valence-corrected chi connectivity index (χ0v) is 4.70. The summed E-state index contributed by atoms with van der Waals surface area (Å²) in [6.07, 6.45) is 2.74. The maximum Gasteiger partial charge on any atom is 0.119 e. The lowest BCUT2D eigenvalue weighted by molar-refractivity contribution is 1.45. The number of hydrogen-bond acceptors (Lipinski definition) is 2.